The summed E-state index contributed by atoms with van der Waals surface area (Å²) in [6, 6.07) is 13.2. The average Bonchev–Trinajstić information content (AvgIpc) is 2.64. The highest BCUT2D eigenvalue weighted by Crippen LogP contribution is 2.33. The van der Waals surface area contributed by atoms with E-state index in [0.717, 1.165) is 24.0 Å². The summed E-state index contributed by atoms with van der Waals surface area (Å²) in [6.07, 6.45) is 2.17. The lowest BCUT2D eigenvalue weighted by Crippen LogP contribution is -2.24. The maximum atomic E-state index is 11.3. The second-order valence-electron chi connectivity index (χ2n) is 6.15. The van der Waals surface area contributed by atoms with Crippen LogP contribution in [-0.2, 0) is 17.8 Å². The molecule has 0 saturated heterocycles. The summed E-state index contributed by atoms with van der Waals surface area (Å²) in [4.78, 5) is 22.5. The fourth-order valence-corrected chi connectivity index (χ4v) is 3.05. The molecule has 1 aliphatic heterocycles. The minimum atomic E-state index is -1.12. The topological polar surface area (TPSA) is 72.8 Å². The summed E-state index contributed by atoms with van der Waals surface area (Å²) in [7, 11) is 0. The van der Waals surface area contributed by atoms with Crippen LogP contribution in [0.25, 0.3) is 0 Å². The summed E-state index contributed by atoms with van der Waals surface area (Å²) in [6.45, 7) is 1.68. The van der Waals surface area contributed by atoms with Crippen molar-refractivity contribution in [2.75, 3.05) is 13.2 Å². The quantitative estimate of drug-likeness (QED) is 0.618. The van der Waals surface area contributed by atoms with Gasteiger partial charge in [-0.25, -0.2) is 4.79 Å². The van der Waals surface area contributed by atoms with Gasteiger partial charge < -0.3 is 14.6 Å². The van der Waals surface area contributed by atoms with Crippen molar-refractivity contribution in [1.82, 2.24) is 0 Å². The Balaban J connectivity index is 1.56. The number of ether oxygens (including phenoxy) is 2. The lowest BCUT2D eigenvalue weighted by Gasteiger charge is -2.26. The molecule has 0 bridgehead atoms. The minimum absolute atomic E-state index is 0.0154. The monoisotopic (exact) mass is 340 g/mol. The summed E-state index contributed by atoms with van der Waals surface area (Å²) in [5, 5.41) is 9.16. The molecular weight excluding hydrogens is 320 g/mol. The Hall–Kier alpha value is -2.66. The zero-order valence-electron chi connectivity index (χ0n) is 13.8. The summed E-state index contributed by atoms with van der Waals surface area (Å²) in [5.41, 5.74) is 2.14. The van der Waals surface area contributed by atoms with E-state index in [4.69, 9.17) is 14.6 Å². The van der Waals surface area contributed by atoms with Crippen LogP contribution in [0.15, 0.2) is 42.5 Å². The van der Waals surface area contributed by atoms with Gasteiger partial charge in [0.1, 0.15) is 5.75 Å². The van der Waals surface area contributed by atoms with Gasteiger partial charge in [0.05, 0.1) is 24.3 Å². The highest BCUT2D eigenvalue weighted by atomic mass is 16.5. The molecule has 5 heteroatoms. The molecule has 0 spiro atoms. The number of fused-ring (bicyclic) bond motifs is 1. The Bertz CT molecular complexity index is 754. The van der Waals surface area contributed by atoms with Gasteiger partial charge in [0.2, 0.25) is 0 Å². The molecule has 2 aromatic carbocycles. The highest BCUT2D eigenvalue weighted by Gasteiger charge is 2.25. The van der Waals surface area contributed by atoms with Gasteiger partial charge >= 0.3 is 5.97 Å². The van der Waals surface area contributed by atoms with E-state index >= 15 is 0 Å². The van der Waals surface area contributed by atoms with Crippen molar-refractivity contribution < 1.29 is 24.2 Å². The number of carbonyl (C=O) groups is 2. The number of benzene rings is 2. The third kappa shape index (κ3) is 4.06. The summed E-state index contributed by atoms with van der Waals surface area (Å²) in [5.74, 6) is -0.417. The Labute approximate surface area is 146 Å². The molecule has 0 aliphatic carbocycles. The number of hydrogen-bond donors (Lipinski definition) is 1. The predicted octanol–water partition coefficient (Wildman–Crippen LogP) is 3.36. The fourth-order valence-electron chi connectivity index (χ4n) is 3.05. The molecule has 0 saturated carbocycles. The second-order valence-corrected chi connectivity index (χ2v) is 6.15. The van der Waals surface area contributed by atoms with Crippen molar-refractivity contribution in [3.8, 4) is 5.75 Å². The van der Waals surface area contributed by atoms with Crippen LogP contribution in [0.1, 0.15) is 38.3 Å². The molecule has 3 rings (SSSR count). The fraction of sp³-hybridized carbons (Fsp3) is 0.300. The van der Waals surface area contributed by atoms with E-state index in [9.17, 15) is 9.59 Å². The molecule has 0 amide bonds. The van der Waals surface area contributed by atoms with Crippen LogP contribution in [0.4, 0.5) is 0 Å². The lowest BCUT2D eigenvalue weighted by molar-refractivity contribution is 0.0692. The molecule has 0 aromatic heterocycles. The van der Waals surface area contributed by atoms with Gasteiger partial charge in [0.25, 0.3) is 0 Å². The van der Waals surface area contributed by atoms with Crippen molar-refractivity contribution in [3.05, 3.63) is 64.7 Å². The van der Waals surface area contributed by atoms with Gasteiger partial charge in [-0.3, -0.25) is 4.79 Å². The van der Waals surface area contributed by atoms with Crippen LogP contribution in [0.3, 0.4) is 0 Å². The maximum absolute atomic E-state index is 11.3. The standard InChI is InChI=1S/C20H20O5/c21-11-18-17(20(22)23)7-6-16-10-15(13-25-19(16)18)8-9-24-12-14-4-2-1-3-5-14/h1-7,11,15H,8-10,12-13H2,(H,22,23). The van der Waals surface area contributed by atoms with Crippen LogP contribution in [-0.4, -0.2) is 30.6 Å². The van der Waals surface area contributed by atoms with Crippen molar-refractivity contribution in [3.63, 3.8) is 0 Å². The molecule has 1 heterocycles. The van der Waals surface area contributed by atoms with Crippen LogP contribution < -0.4 is 4.74 Å². The van der Waals surface area contributed by atoms with Crippen molar-refractivity contribution in [2.24, 2.45) is 5.92 Å². The van der Waals surface area contributed by atoms with E-state index in [0.29, 0.717) is 37.8 Å². The number of carboxylic acid groups (broad SMARTS) is 1. The van der Waals surface area contributed by atoms with E-state index < -0.39 is 5.97 Å². The molecule has 1 aliphatic rings. The molecule has 0 radical (unpaired) electrons. The van der Waals surface area contributed by atoms with Gasteiger partial charge in [-0.1, -0.05) is 36.4 Å². The van der Waals surface area contributed by atoms with Gasteiger partial charge in [0.15, 0.2) is 6.29 Å². The normalized spacial score (nSPS) is 15.9. The molecule has 130 valence electrons. The van der Waals surface area contributed by atoms with Crippen molar-refractivity contribution in [2.45, 2.75) is 19.4 Å². The Kier molecular flexibility index (Phi) is 5.46. The SMILES string of the molecule is O=Cc1c(C(=O)O)ccc2c1OCC(CCOCc1ccccc1)C2. The molecular formula is C20H20O5. The highest BCUT2D eigenvalue weighted by molar-refractivity contribution is 5.99. The molecule has 2 aromatic rings. The van der Waals surface area contributed by atoms with Gasteiger partial charge in [-0.2, -0.15) is 0 Å². The first-order valence-electron chi connectivity index (χ1n) is 8.28. The summed E-state index contributed by atoms with van der Waals surface area (Å²) >= 11 is 0. The number of carboxylic acids is 1. The lowest BCUT2D eigenvalue weighted by atomic mass is 9.91. The zero-order valence-corrected chi connectivity index (χ0v) is 13.8. The first kappa shape index (κ1) is 17.2. The van der Waals surface area contributed by atoms with Crippen molar-refractivity contribution in [1.29, 1.82) is 0 Å². The maximum Gasteiger partial charge on any atom is 0.336 e. The van der Waals surface area contributed by atoms with E-state index in [2.05, 4.69) is 0 Å². The van der Waals surface area contributed by atoms with Gasteiger partial charge in [-0.05, 0) is 36.0 Å². The largest absolute Gasteiger partial charge is 0.492 e. The smallest absolute Gasteiger partial charge is 0.336 e. The van der Waals surface area contributed by atoms with Crippen LogP contribution in [0.5, 0.6) is 5.75 Å². The molecule has 25 heavy (non-hydrogen) atoms. The van der Waals surface area contributed by atoms with Crippen molar-refractivity contribution >= 4 is 12.3 Å². The Morgan fingerprint density at radius 2 is 2.04 bits per heavy atom. The predicted molar refractivity (Wildman–Crippen MR) is 92.2 cm³/mol. The molecule has 1 atom stereocenters. The van der Waals surface area contributed by atoms with Crippen LogP contribution in [0, 0.1) is 5.92 Å². The number of aromatic carboxylic acids is 1. The number of aldehydes is 1. The first-order chi connectivity index (χ1) is 12.2. The zero-order chi connectivity index (χ0) is 17.6. The van der Waals surface area contributed by atoms with Crippen LogP contribution in [0.2, 0.25) is 0 Å². The molecule has 1 N–H and O–H groups in total. The van der Waals surface area contributed by atoms with Gasteiger partial charge in [-0.15, -0.1) is 0 Å². The third-order valence-electron chi connectivity index (χ3n) is 4.38. The third-order valence-corrected chi connectivity index (χ3v) is 4.38. The number of hydrogen-bond acceptors (Lipinski definition) is 4. The van der Waals surface area contributed by atoms with E-state index in [-0.39, 0.29) is 11.1 Å². The second kappa shape index (κ2) is 7.94. The minimum Gasteiger partial charge on any atom is -0.492 e. The number of rotatable bonds is 7. The van der Waals surface area contributed by atoms with Gasteiger partial charge in [0, 0.05) is 6.61 Å². The number of carbonyl (C=O) groups excluding carboxylic acids is 1. The molecule has 1 unspecified atom stereocenters. The Morgan fingerprint density at radius 3 is 2.76 bits per heavy atom. The first-order valence-corrected chi connectivity index (χ1v) is 8.28. The van der Waals surface area contributed by atoms with Crippen LogP contribution >= 0.6 is 0 Å². The van der Waals surface area contributed by atoms with E-state index in [1.54, 1.807) is 6.07 Å². The molecule has 0 fully saturated rings. The van der Waals surface area contributed by atoms with E-state index in [1.807, 2.05) is 30.3 Å². The Morgan fingerprint density at radius 1 is 1.24 bits per heavy atom. The average molecular weight is 340 g/mol. The summed E-state index contributed by atoms with van der Waals surface area (Å²) < 4.78 is 11.4. The van der Waals surface area contributed by atoms with E-state index in [1.165, 1.54) is 6.07 Å². The molecule has 5 nitrogen and oxygen atoms in total.